The van der Waals surface area contributed by atoms with Crippen molar-refractivity contribution in [2.24, 2.45) is 0 Å². The number of rotatable bonds is 6. The molecule has 0 aliphatic carbocycles. The average molecular weight is 452 g/mol. The minimum atomic E-state index is -4.55. The molecule has 0 fully saturated rings. The van der Waals surface area contributed by atoms with Crippen LogP contribution < -0.4 is 10.2 Å². The van der Waals surface area contributed by atoms with E-state index < -0.39 is 17.8 Å². The predicted octanol–water partition coefficient (Wildman–Crippen LogP) is 5.21. The zero-order chi connectivity index (χ0) is 23.6. The van der Waals surface area contributed by atoms with Crippen LogP contribution in [0.2, 0.25) is 0 Å². The average Bonchev–Trinajstić information content (AvgIpc) is 3.23. The third-order valence-corrected chi connectivity index (χ3v) is 5.59. The predicted molar refractivity (Wildman–Crippen MR) is 122 cm³/mol. The number of aromatic nitrogens is 2. The molecule has 1 atom stereocenters. The van der Waals surface area contributed by atoms with Crippen LogP contribution in [-0.4, -0.2) is 36.5 Å². The standard InChI is InChI=1S/C25H23F3N4O/c1-32(2)18-10-7-16(8-11-18)20(21-15-29-22-6-4-3-5-19(21)22)14-31-24(33)17-9-12-23(30-13-17)25(26,27)28/h3-13,15,20,29H,14H2,1-2H3,(H,31,33). The summed E-state index contributed by atoms with van der Waals surface area (Å²) in [5.74, 6) is -0.644. The number of amides is 1. The van der Waals surface area contributed by atoms with Crippen molar-refractivity contribution in [1.82, 2.24) is 15.3 Å². The van der Waals surface area contributed by atoms with Crippen LogP contribution in [0.15, 0.2) is 73.1 Å². The van der Waals surface area contributed by atoms with Gasteiger partial charge in [-0.1, -0.05) is 30.3 Å². The van der Waals surface area contributed by atoms with Gasteiger partial charge in [-0.15, -0.1) is 0 Å². The largest absolute Gasteiger partial charge is 0.433 e. The number of anilines is 1. The molecule has 0 bridgehead atoms. The molecule has 2 heterocycles. The Kier molecular flexibility index (Phi) is 6.09. The molecule has 4 rings (SSSR count). The van der Waals surface area contributed by atoms with Gasteiger partial charge in [-0.25, -0.2) is 0 Å². The summed E-state index contributed by atoms with van der Waals surface area (Å²) in [5, 5.41) is 3.91. The van der Waals surface area contributed by atoms with Crippen LogP contribution in [-0.2, 0) is 6.18 Å². The topological polar surface area (TPSA) is 61.0 Å². The lowest BCUT2D eigenvalue weighted by molar-refractivity contribution is -0.141. The summed E-state index contributed by atoms with van der Waals surface area (Å²) in [6.07, 6.45) is -1.67. The Balaban J connectivity index is 1.60. The second-order valence-electron chi connectivity index (χ2n) is 7.97. The molecule has 2 aromatic heterocycles. The van der Waals surface area contributed by atoms with E-state index in [9.17, 15) is 18.0 Å². The fourth-order valence-corrected chi connectivity index (χ4v) is 3.79. The van der Waals surface area contributed by atoms with Gasteiger partial charge in [0.25, 0.3) is 5.91 Å². The zero-order valence-corrected chi connectivity index (χ0v) is 18.1. The SMILES string of the molecule is CN(C)c1ccc(C(CNC(=O)c2ccc(C(F)(F)F)nc2)c2c[nH]c3ccccc23)cc1. The minimum Gasteiger partial charge on any atom is -0.378 e. The van der Waals surface area contributed by atoms with Crippen LogP contribution in [0.5, 0.6) is 0 Å². The Morgan fingerprint density at radius 3 is 2.42 bits per heavy atom. The van der Waals surface area contributed by atoms with Gasteiger partial charge in [-0.3, -0.25) is 9.78 Å². The summed E-state index contributed by atoms with van der Waals surface area (Å²) in [6.45, 7) is 0.267. The Morgan fingerprint density at radius 2 is 1.79 bits per heavy atom. The minimum absolute atomic E-state index is 0.0728. The van der Waals surface area contributed by atoms with E-state index in [4.69, 9.17) is 0 Å². The highest BCUT2D eigenvalue weighted by Crippen LogP contribution is 2.32. The van der Waals surface area contributed by atoms with Gasteiger partial charge in [0.1, 0.15) is 5.69 Å². The second kappa shape index (κ2) is 8.97. The third kappa shape index (κ3) is 4.84. The van der Waals surface area contributed by atoms with E-state index in [1.54, 1.807) is 0 Å². The van der Waals surface area contributed by atoms with Crippen molar-refractivity contribution in [3.63, 3.8) is 0 Å². The van der Waals surface area contributed by atoms with Crippen molar-refractivity contribution in [2.75, 3.05) is 25.5 Å². The Labute approximate surface area is 189 Å². The maximum atomic E-state index is 12.8. The maximum Gasteiger partial charge on any atom is 0.433 e. The van der Waals surface area contributed by atoms with Crippen molar-refractivity contribution in [2.45, 2.75) is 12.1 Å². The van der Waals surface area contributed by atoms with Gasteiger partial charge < -0.3 is 15.2 Å². The number of hydrogen-bond acceptors (Lipinski definition) is 3. The van der Waals surface area contributed by atoms with Crippen molar-refractivity contribution >= 4 is 22.5 Å². The number of fused-ring (bicyclic) bond motifs is 1. The third-order valence-electron chi connectivity index (χ3n) is 5.59. The molecule has 33 heavy (non-hydrogen) atoms. The normalized spacial score (nSPS) is 12.5. The van der Waals surface area contributed by atoms with E-state index in [2.05, 4.69) is 15.3 Å². The van der Waals surface area contributed by atoms with Crippen LogP contribution >= 0.6 is 0 Å². The highest BCUT2D eigenvalue weighted by atomic mass is 19.4. The number of pyridine rings is 1. The fraction of sp³-hybridized carbons (Fsp3) is 0.200. The maximum absolute atomic E-state index is 12.8. The first-order chi connectivity index (χ1) is 15.7. The highest BCUT2D eigenvalue weighted by molar-refractivity contribution is 5.94. The first-order valence-electron chi connectivity index (χ1n) is 10.4. The van der Waals surface area contributed by atoms with Gasteiger partial charge in [0.05, 0.1) is 5.56 Å². The number of aromatic amines is 1. The van der Waals surface area contributed by atoms with E-state index in [0.29, 0.717) is 0 Å². The van der Waals surface area contributed by atoms with Gasteiger partial charge in [0, 0.05) is 55.5 Å². The second-order valence-corrected chi connectivity index (χ2v) is 7.97. The fourth-order valence-electron chi connectivity index (χ4n) is 3.79. The van der Waals surface area contributed by atoms with Crippen molar-refractivity contribution in [3.8, 4) is 0 Å². The van der Waals surface area contributed by atoms with Gasteiger partial charge >= 0.3 is 6.18 Å². The van der Waals surface area contributed by atoms with Gasteiger partial charge in [0.15, 0.2) is 0 Å². The quantitative estimate of drug-likeness (QED) is 0.422. The number of halogens is 3. The molecule has 1 amide bonds. The number of carbonyl (C=O) groups excluding carboxylic acids is 1. The van der Waals surface area contributed by atoms with Gasteiger partial charge in [0.2, 0.25) is 0 Å². The first kappa shape index (κ1) is 22.4. The van der Waals surface area contributed by atoms with Crippen LogP contribution in [0.25, 0.3) is 10.9 Å². The summed E-state index contributed by atoms with van der Waals surface area (Å²) in [5.41, 5.74) is 3.11. The Bertz CT molecular complexity index is 1250. The molecule has 8 heteroatoms. The molecular formula is C25H23F3N4O. The van der Waals surface area contributed by atoms with Crippen LogP contribution in [0.3, 0.4) is 0 Å². The Morgan fingerprint density at radius 1 is 1.06 bits per heavy atom. The Hall–Kier alpha value is -3.81. The summed E-state index contributed by atoms with van der Waals surface area (Å²) >= 11 is 0. The molecule has 1 unspecified atom stereocenters. The van der Waals surface area contributed by atoms with E-state index in [1.165, 1.54) is 0 Å². The molecule has 170 valence electrons. The smallest absolute Gasteiger partial charge is 0.378 e. The number of alkyl halides is 3. The number of benzene rings is 2. The summed E-state index contributed by atoms with van der Waals surface area (Å²) in [4.78, 5) is 21.3. The molecule has 0 radical (unpaired) electrons. The molecule has 0 saturated heterocycles. The lowest BCUT2D eigenvalue weighted by Crippen LogP contribution is -2.29. The van der Waals surface area contributed by atoms with Crippen LogP contribution in [0, 0.1) is 0 Å². The first-order valence-corrected chi connectivity index (χ1v) is 10.4. The number of nitrogens with zero attached hydrogens (tertiary/aromatic N) is 2. The van der Waals surface area contributed by atoms with Gasteiger partial charge in [-0.2, -0.15) is 13.2 Å². The molecule has 0 aliphatic heterocycles. The zero-order valence-electron chi connectivity index (χ0n) is 18.1. The molecule has 5 nitrogen and oxygen atoms in total. The molecular weight excluding hydrogens is 429 g/mol. The number of hydrogen-bond donors (Lipinski definition) is 2. The monoisotopic (exact) mass is 452 g/mol. The van der Waals surface area contributed by atoms with E-state index >= 15 is 0 Å². The van der Waals surface area contributed by atoms with Crippen LogP contribution in [0.4, 0.5) is 18.9 Å². The van der Waals surface area contributed by atoms with E-state index in [0.717, 1.165) is 46.0 Å². The van der Waals surface area contributed by atoms with Gasteiger partial charge in [-0.05, 0) is 41.5 Å². The van der Waals surface area contributed by atoms with Crippen molar-refractivity contribution in [1.29, 1.82) is 0 Å². The molecule has 2 aromatic carbocycles. The molecule has 4 aromatic rings. The summed E-state index contributed by atoms with van der Waals surface area (Å²) in [7, 11) is 3.93. The summed E-state index contributed by atoms with van der Waals surface area (Å²) in [6, 6.07) is 17.9. The number of para-hydroxylation sites is 1. The van der Waals surface area contributed by atoms with E-state index in [-0.39, 0.29) is 18.0 Å². The molecule has 0 saturated carbocycles. The molecule has 0 spiro atoms. The lowest BCUT2D eigenvalue weighted by atomic mass is 9.90. The van der Waals surface area contributed by atoms with Crippen molar-refractivity contribution in [3.05, 3.63) is 95.4 Å². The number of carbonyl (C=O) groups is 1. The lowest BCUT2D eigenvalue weighted by Gasteiger charge is -2.20. The number of H-pyrrole nitrogens is 1. The number of nitrogens with one attached hydrogen (secondary N) is 2. The van der Waals surface area contributed by atoms with Crippen LogP contribution in [0.1, 0.15) is 33.1 Å². The summed E-state index contributed by atoms with van der Waals surface area (Å²) < 4.78 is 38.3. The van der Waals surface area contributed by atoms with E-state index in [1.807, 2.05) is 73.7 Å². The molecule has 0 aliphatic rings. The highest BCUT2D eigenvalue weighted by Gasteiger charge is 2.32. The van der Waals surface area contributed by atoms with Crippen molar-refractivity contribution < 1.29 is 18.0 Å². The molecule has 2 N–H and O–H groups in total.